The van der Waals surface area contributed by atoms with Crippen LogP contribution in [0.3, 0.4) is 0 Å². The molecular formula is C15H27N3O3. The third kappa shape index (κ3) is 4.17. The molecule has 0 aliphatic carbocycles. The fourth-order valence-electron chi connectivity index (χ4n) is 3.17. The van der Waals surface area contributed by atoms with Crippen molar-refractivity contribution in [2.45, 2.75) is 32.3 Å². The number of carbonyl (C=O) groups is 2. The number of likely N-dealkylation sites (N-methyl/N-ethyl adjacent to an activating group) is 1. The molecule has 2 aliphatic heterocycles. The molecule has 2 aliphatic rings. The number of hydrogen-bond donors (Lipinski definition) is 1. The highest BCUT2D eigenvalue weighted by Gasteiger charge is 2.34. The second-order valence-electron chi connectivity index (χ2n) is 5.84. The molecule has 6 nitrogen and oxygen atoms in total. The van der Waals surface area contributed by atoms with Gasteiger partial charge in [-0.15, -0.1) is 0 Å². The van der Waals surface area contributed by atoms with E-state index in [1.165, 1.54) is 0 Å². The van der Waals surface area contributed by atoms with E-state index in [1.54, 1.807) is 7.05 Å². The van der Waals surface area contributed by atoms with Gasteiger partial charge in [0.15, 0.2) is 0 Å². The number of ether oxygens (including phenoxy) is 1. The zero-order valence-corrected chi connectivity index (χ0v) is 13.1. The largest absolute Gasteiger partial charge is 0.377 e. The number of nitrogens with zero attached hydrogens (tertiary/aromatic N) is 2. The van der Waals surface area contributed by atoms with Crippen LogP contribution in [0.5, 0.6) is 0 Å². The Hall–Kier alpha value is -1.14. The number of rotatable bonds is 4. The molecule has 6 heteroatoms. The molecule has 0 aromatic rings. The van der Waals surface area contributed by atoms with Crippen molar-refractivity contribution < 1.29 is 14.3 Å². The summed E-state index contributed by atoms with van der Waals surface area (Å²) in [5.74, 6) is 0.289. The average Bonchev–Trinajstić information content (AvgIpc) is 2.54. The van der Waals surface area contributed by atoms with Crippen LogP contribution < -0.4 is 5.32 Å². The zero-order chi connectivity index (χ0) is 15.2. The minimum Gasteiger partial charge on any atom is -0.377 e. The van der Waals surface area contributed by atoms with Gasteiger partial charge in [-0.2, -0.15) is 0 Å². The molecular weight excluding hydrogens is 270 g/mol. The Kier molecular flexibility index (Phi) is 5.99. The summed E-state index contributed by atoms with van der Waals surface area (Å²) < 4.78 is 5.73. The molecule has 1 N–H and O–H groups in total. The summed E-state index contributed by atoms with van der Waals surface area (Å²) in [6.07, 6.45) is 2.89. The van der Waals surface area contributed by atoms with Crippen LogP contribution in [0.1, 0.15) is 26.2 Å². The number of amides is 2. The molecule has 0 aromatic heterocycles. The molecule has 2 amide bonds. The second-order valence-corrected chi connectivity index (χ2v) is 5.84. The van der Waals surface area contributed by atoms with Gasteiger partial charge in [-0.3, -0.25) is 14.5 Å². The first-order valence-electron chi connectivity index (χ1n) is 7.99. The molecule has 0 unspecified atom stereocenters. The predicted molar refractivity (Wildman–Crippen MR) is 79.8 cm³/mol. The van der Waals surface area contributed by atoms with Crippen LogP contribution in [0.15, 0.2) is 0 Å². The third-order valence-corrected chi connectivity index (χ3v) is 4.49. The zero-order valence-electron chi connectivity index (χ0n) is 13.1. The highest BCUT2D eigenvalue weighted by molar-refractivity contribution is 5.80. The summed E-state index contributed by atoms with van der Waals surface area (Å²) in [6.45, 7) is 6.24. The highest BCUT2D eigenvalue weighted by Crippen LogP contribution is 2.25. The van der Waals surface area contributed by atoms with Gasteiger partial charge in [0, 0.05) is 39.8 Å². The fourth-order valence-corrected chi connectivity index (χ4v) is 3.17. The van der Waals surface area contributed by atoms with Crippen LogP contribution in [0, 0.1) is 5.92 Å². The maximum atomic E-state index is 12.7. The Morgan fingerprint density at radius 3 is 2.57 bits per heavy atom. The normalized spacial score (nSPS) is 27.4. The van der Waals surface area contributed by atoms with E-state index in [4.69, 9.17) is 4.74 Å². The van der Waals surface area contributed by atoms with Gasteiger partial charge in [0.05, 0.1) is 18.6 Å². The molecule has 0 radical (unpaired) electrons. The number of carbonyl (C=O) groups excluding carboxylic acids is 2. The van der Waals surface area contributed by atoms with E-state index in [1.807, 2.05) is 4.90 Å². The smallest absolute Gasteiger partial charge is 0.233 e. The monoisotopic (exact) mass is 297 g/mol. The minimum absolute atomic E-state index is 0.0224. The van der Waals surface area contributed by atoms with Gasteiger partial charge in [-0.1, -0.05) is 6.92 Å². The van der Waals surface area contributed by atoms with E-state index in [0.29, 0.717) is 19.6 Å². The van der Waals surface area contributed by atoms with Crippen LogP contribution >= 0.6 is 0 Å². The van der Waals surface area contributed by atoms with E-state index in [2.05, 4.69) is 17.1 Å². The topological polar surface area (TPSA) is 61.9 Å². The van der Waals surface area contributed by atoms with Crippen molar-refractivity contribution in [3.8, 4) is 0 Å². The molecule has 2 fully saturated rings. The lowest BCUT2D eigenvalue weighted by atomic mass is 9.91. The second kappa shape index (κ2) is 7.75. The first-order chi connectivity index (χ1) is 10.2. The van der Waals surface area contributed by atoms with Gasteiger partial charge in [0.1, 0.15) is 0 Å². The van der Waals surface area contributed by atoms with Crippen molar-refractivity contribution >= 4 is 11.8 Å². The van der Waals surface area contributed by atoms with E-state index in [9.17, 15) is 9.59 Å². The average molecular weight is 297 g/mol. The Bertz CT molecular complexity index is 367. The summed E-state index contributed by atoms with van der Waals surface area (Å²) in [5.41, 5.74) is 0. The van der Waals surface area contributed by atoms with Crippen molar-refractivity contribution in [3.05, 3.63) is 0 Å². The molecule has 21 heavy (non-hydrogen) atoms. The lowest BCUT2D eigenvalue weighted by Gasteiger charge is -2.38. The summed E-state index contributed by atoms with van der Waals surface area (Å²) >= 11 is 0. The van der Waals surface area contributed by atoms with Crippen LogP contribution in [-0.2, 0) is 14.3 Å². The Labute approximate surface area is 126 Å². The SMILES string of the molecule is CC[C@@H]1OCCC[C@H]1C(=O)N1CCN(CC(=O)NC)CC1. The molecule has 120 valence electrons. The Balaban J connectivity index is 1.83. The molecule has 0 aromatic carbocycles. The minimum atomic E-state index is 0.0224. The molecule has 0 spiro atoms. The molecule has 2 atom stereocenters. The standard InChI is InChI=1S/C15H27N3O3/c1-3-13-12(5-4-10-21-13)15(20)18-8-6-17(7-9-18)11-14(19)16-2/h12-13H,3-11H2,1-2H3,(H,16,19)/t12-,13+/m1/s1. The summed E-state index contributed by atoms with van der Waals surface area (Å²) in [6, 6.07) is 0. The van der Waals surface area contributed by atoms with Gasteiger partial charge < -0.3 is 15.0 Å². The van der Waals surface area contributed by atoms with E-state index < -0.39 is 0 Å². The van der Waals surface area contributed by atoms with Crippen molar-refractivity contribution in [2.24, 2.45) is 5.92 Å². The predicted octanol–water partition coefficient (Wildman–Crippen LogP) is 0.0818. The Morgan fingerprint density at radius 2 is 1.95 bits per heavy atom. The quantitative estimate of drug-likeness (QED) is 0.798. The number of piperazine rings is 1. The van der Waals surface area contributed by atoms with Gasteiger partial charge in [-0.05, 0) is 19.3 Å². The summed E-state index contributed by atoms with van der Waals surface area (Å²) in [7, 11) is 1.65. The number of nitrogens with one attached hydrogen (secondary N) is 1. The lowest BCUT2D eigenvalue weighted by molar-refractivity contribution is -0.147. The van der Waals surface area contributed by atoms with Crippen LogP contribution in [0.2, 0.25) is 0 Å². The molecule has 2 rings (SSSR count). The summed E-state index contributed by atoms with van der Waals surface area (Å²) in [4.78, 5) is 28.1. The number of hydrogen-bond acceptors (Lipinski definition) is 4. The maximum Gasteiger partial charge on any atom is 0.233 e. The third-order valence-electron chi connectivity index (χ3n) is 4.49. The van der Waals surface area contributed by atoms with Gasteiger partial charge in [-0.25, -0.2) is 0 Å². The lowest BCUT2D eigenvalue weighted by Crippen LogP contribution is -2.53. The van der Waals surface area contributed by atoms with Crippen molar-refractivity contribution in [1.82, 2.24) is 15.1 Å². The van der Waals surface area contributed by atoms with Crippen LogP contribution in [-0.4, -0.2) is 74.1 Å². The molecule has 2 heterocycles. The van der Waals surface area contributed by atoms with Crippen LogP contribution in [0.25, 0.3) is 0 Å². The van der Waals surface area contributed by atoms with E-state index in [0.717, 1.165) is 39.0 Å². The van der Waals surface area contributed by atoms with Crippen LogP contribution in [0.4, 0.5) is 0 Å². The fraction of sp³-hybridized carbons (Fsp3) is 0.867. The Morgan fingerprint density at radius 1 is 1.24 bits per heavy atom. The van der Waals surface area contributed by atoms with E-state index in [-0.39, 0.29) is 23.8 Å². The van der Waals surface area contributed by atoms with Crippen molar-refractivity contribution in [2.75, 3.05) is 46.4 Å². The molecule has 2 saturated heterocycles. The highest BCUT2D eigenvalue weighted by atomic mass is 16.5. The first kappa shape index (κ1) is 16.2. The van der Waals surface area contributed by atoms with Gasteiger partial charge in [0.25, 0.3) is 0 Å². The molecule has 0 bridgehead atoms. The molecule has 0 saturated carbocycles. The van der Waals surface area contributed by atoms with Crippen molar-refractivity contribution in [3.63, 3.8) is 0 Å². The van der Waals surface area contributed by atoms with Gasteiger partial charge in [0.2, 0.25) is 11.8 Å². The van der Waals surface area contributed by atoms with Gasteiger partial charge >= 0.3 is 0 Å². The first-order valence-corrected chi connectivity index (χ1v) is 7.99. The van der Waals surface area contributed by atoms with Crippen molar-refractivity contribution in [1.29, 1.82) is 0 Å². The maximum absolute atomic E-state index is 12.7. The van der Waals surface area contributed by atoms with E-state index >= 15 is 0 Å². The summed E-state index contributed by atoms with van der Waals surface area (Å²) in [5, 5.41) is 2.63.